The van der Waals surface area contributed by atoms with Crippen LogP contribution in [0.25, 0.3) is 10.9 Å². The predicted octanol–water partition coefficient (Wildman–Crippen LogP) is 3.06. The van der Waals surface area contributed by atoms with Gasteiger partial charge in [-0.2, -0.15) is 0 Å². The second-order valence-corrected chi connectivity index (χ2v) is 12.2. The van der Waals surface area contributed by atoms with Crippen LogP contribution >= 0.6 is 0 Å². The minimum atomic E-state index is -3.92. The van der Waals surface area contributed by atoms with Crippen molar-refractivity contribution in [2.75, 3.05) is 32.7 Å². The van der Waals surface area contributed by atoms with Gasteiger partial charge < -0.3 is 14.4 Å². The lowest BCUT2D eigenvalue weighted by Gasteiger charge is -2.49. The van der Waals surface area contributed by atoms with E-state index in [4.69, 9.17) is 4.74 Å². The zero-order chi connectivity index (χ0) is 27.5. The molecule has 2 saturated heterocycles. The fraction of sp³-hybridized carbons (Fsp3) is 0.414. The Morgan fingerprint density at radius 3 is 2.51 bits per heavy atom. The molecule has 0 radical (unpaired) electrons. The van der Waals surface area contributed by atoms with Crippen molar-refractivity contribution in [2.45, 2.75) is 49.6 Å². The summed E-state index contributed by atoms with van der Waals surface area (Å²) in [6.07, 6.45) is 4.07. The molecule has 2 aromatic carbocycles. The molecule has 0 atom stereocenters. The van der Waals surface area contributed by atoms with Gasteiger partial charge in [0.15, 0.2) is 0 Å². The highest BCUT2D eigenvalue weighted by Gasteiger charge is 2.47. The van der Waals surface area contributed by atoms with Crippen LogP contribution in [0.1, 0.15) is 36.9 Å². The van der Waals surface area contributed by atoms with Crippen molar-refractivity contribution in [3.63, 3.8) is 0 Å². The second-order valence-electron chi connectivity index (χ2n) is 10.5. The lowest BCUT2D eigenvalue weighted by Crippen LogP contribution is -2.72. The van der Waals surface area contributed by atoms with Crippen LogP contribution in [0.5, 0.6) is 5.75 Å². The third-order valence-corrected chi connectivity index (χ3v) is 9.03. The quantitative estimate of drug-likeness (QED) is 0.387. The van der Waals surface area contributed by atoms with E-state index in [1.54, 1.807) is 17.0 Å². The molecule has 3 heterocycles. The molecule has 9 nitrogen and oxygen atoms in total. The number of aldehydes is 1. The summed E-state index contributed by atoms with van der Waals surface area (Å²) in [5.41, 5.74) is 1.80. The molecule has 39 heavy (non-hydrogen) atoms. The van der Waals surface area contributed by atoms with Gasteiger partial charge in [0.25, 0.3) is 0 Å². The first-order valence-electron chi connectivity index (χ1n) is 13.3. The van der Waals surface area contributed by atoms with Gasteiger partial charge in [0.05, 0.1) is 22.5 Å². The van der Waals surface area contributed by atoms with Crippen LogP contribution in [0.4, 0.5) is 0 Å². The minimum Gasteiger partial charge on any atom is -0.489 e. The number of amides is 1. The van der Waals surface area contributed by atoms with E-state index in [0.29, 0.717) is 25.2 Å². The molecule has 2 aliphatic rings. The summed E-state index contributed by atoms with van der Waals surface area (Å²) in [5.74, 6) is 0.504. The number of nitrogens with one attached hydrogen (secondary N) is 1. The number of piperidine rings is 1. The van der Waals surface area contributed by atoms with Crippen molar-refractivity contribution in [3.8, 4) is 5.75 Å². The fourth-order valence-electron chi connectivity index (χ4n) is 5.40. The molecule has 1 amide bonds. The van der Waals surface area contributed by atoms with Crippen molar-refractivity contribution in [2.24, 2.45) is 0 Å². The maximum Gasteiger partial charge on any atom is 0.241 e. The molecule has 10 heteroatoms. The number of benzene rings is 2. The Labute approximate surface area is 229 Å². The Kier molecular flexibility index (Phi) is 7.97. The number of carbonyl (C=O) groups excluding carboxylic acids is 2. The molecule has 0 unspecified atom stereocenters. The van der Waals surface area contributed by atoms with Crippen LogP contribution in [0.15, 0.2) is 59.5 Å². The average molecular weight is 551 g/mol. The summed E-state index contributed by atoms with van der Waals surface area (Å²) in [5, 5.41) is 1.01. The van der Waals surface area contributed by atoms with E-state index in [0.717, 1.165) is 48.1 Å². The van der Waals surface area contributed by atoms with Gasteiger partial charge in [0.1, 0.15) is 18.6 Å². The van der Waals surface area contributed by atoms with E-state index in [1.165, 1.54) is 18.6 Å². The van der Waals surface area contributed by atoms with E-state index in [9.17, 15) is 18.0 Å². The van der Waals surface area contributed by atoms with Crippen molar-refractivity contribution in [3.05, 3.63) is 65.9 Å². The third kappa shape index (κ3) is 6.29. The Bertz CT molecular complexity index is 1450. The van der Waals surface area contributed by atoms with E-state index in [1.807, 2.05) is 37.3 Å². The molecule has 2 aliphatic heterocycles. The number of likely N-dealkylation sites (tertiary alicyclic amines) is 2. The zero-order valence-electron chi connectivity index (χ0n) is 22.1. The van der Waals surface area contributed by atoms with E-state index in [-0.39, 0.29) is 30.3 Å². The molecule has 0 saturated carbocycles. The lowest BCUT2D eigenvalue weighted by molar-refractivity contribution is -0.141. The number of aryl methyl sites for hydroxylation is 1. The van der Waals surface area contributed by atoms with Gasteiger partial charge >= 0.3 is 0 Å². The molecule has 0 spiro atoms. The van der Waals surface area contributed by atoms with Gasteiger partial charge in [-0.3, -0.25) is 14.7 Å². The maximum absolute atomic E-state index is 13.2. The summed E-state index contributed by atoms with van der Waals surface area (Å²) in [4.78, 5) is 32.5. The first kappa shape index (κ1) is 27.2. The molecule has 206 valence electrons. The molecule has 5 rings (SSSR count). The van der Waals surface area contributed by atoms with Crippen LogP contribution in [0, 0.1) is 6.92 Å². The average Bonchev–Trinajstić information content (AvgIpc) is 2.90. The van der Waals surface area contributed by atoms with Gasteiger partial charge in [0.2, 0.25) is 15.9 Å². The predicted molar refractivity (Wildman–Crippen MR) is 148 cm³/mol. The molecular weight excluding hydrogens is 516 g/mol. The zero-order valence-corrected chi connectivity index (χ0v) is 23.0. The Morgan fingerprint density at radius 2 is 1.79 bits per heavy atom. The van der Waals surface area contributed by atoms with Crippen LogP contribution < -0.4 is 9.46 Å². The van der Waals surface area contributed by atoms with Gasteiger partial charge in [0, 0.05) is 36.2 Å². The van der Waals surface area contributed by atoms with Crippen LogP contribution in [-0.4, -0.2) is 73.7 Å². The molecule has 1 aromatic heterocycles. The molecular formula is C29H34N4O5S. The van der Waals surface area contributed by atoms with Crippen molar-refractivity contribution in [1.82, 2.24) is 19.5 Å². The maximum atomic E-state index is 13.2. The number of sulfonamides is 1. The van der Waals surface area contributed by atoms with Crippen molar-refractivity contribution in [1.29, 1.82) is 0 Å². The molecule has 0 aliphatic carbocycles. The van der Waals surface area contributed by atoms with Gasteiger partial charge in [-0.25, -0.2) is 13.1 Å². The highest BCUT2D eigenvalue weighted by molar-refractivity contribution is 7.89. The Morgan fingerprint density at radius 1 is 1.08 bits per heavy atom. The number of ether oxygens (including phenoxy) is 1. The summed E-state index contributed by atoms with van der Waals surface area (Å²) in [7, 11) is -3.92. The summed E-state index contributed by atoms with van der Waals surface area (Å²) < 4.78 is 35.1. The number of rotatable bonds is 10. The monoisotopic (exact) mass is 550 g/mol. The topological polar surface area (TPSA) is 109 Å². The molecule has 1 N–H and O–H groups in total. The van der Waals surface area contributed by atoms with Crippen LogP contribution in [-0.2, 0) is 26.2 Å². The lowest BCUT2D eigenvalue weighted by atomic mass is 9.88. The normalized spacial score (nSPS) is 17.5. The summed E-state index contributed by atoms with van der Waals surface area (Å²) in [6, 6.07) is 16.1. The van der Waals surface area contributed by atoms with Gasteiger partial charge in [-0.15, -0.1) is 0 Å². The van der Waals surface area contributed by atoms with Gasteiger partial charge in [-0.05, 0) is 69.3 Å². The van der Waals surface area contributed by atoms with Crippen molar-refractivity contribution < 1.29 is 22.7 Å². The van der Waals surface area contributed by atoms with Crippen LogP contribution in [0.3, 0.4) is 0 Å². The highest BCUT2D eigenvalue weighted by Crippen LogP contribution is 2.28. The van der Waals surface area contributed by atoms with Gasteiger partial charge in [-0.1, -0.05) is 24.6 Å². The van der Waals surface area contributed by atoms with E-state index >= 15 is 0 Å². The standard InChI is InChI=1S/C29H34N4O5S/c1-22-17-23(26-7-3-4-8-27(26)30-22)19-38-24-9-11-25(12-10-24)39(36,37)31-29(13-16-34)20-33(21-29)28(35)18-32-14-5-2-6-15-32/h3-4,7-12,16-17,31H,2,5-6,13-15,18-21H2,1H3. The number of hydrogen-bond donors (Lipinski definition) is 1. The minimum absolute atomic E-state index is 0.000223. The highest BCUT2D eigenvalue weighted by atomic mass is 32.2. The number of fused-ring (bicyclic) bond motifs is 1. The number of para-hydroxylation sites is 1. The SMILES string of the molecule is Cc1cc(COc2ccc(S(=O)(=O)NC3(CC=O)CN(C(=O)CN4CCCCC4)C3)cc2)c2ccccc2n1. The van der Waals surface area contributed by atoms with Crippen molar-refractivity contribution >= 4 is 33.1 Å². The number of nitrogens with zero attached hydrogens (tertiary/aromatic N) is 3. The number of pyridine rings is 1. The summed E-state index contributed by atoms with van der Waals surface area (Å²) in [6.45, 7) is 4.76. The number of aromatic nitrogens is 1. The molecule has 2 fully saturated rings. The third-order valence-electron chi connectivity index (χ3n) is 7.43. The number of carbonyl (C=O) groups is 2. The van der Waals surface area contributed by atoms with E-state index in [2.05, 4.69) is 14.6 Å². The fourth-order valence-corrected chi connectivity index (χ4v) is 6.79. The molecule has 3 aromatic rings. The van der Waals surface area contributed by atoms with Crippen LogP contribution in [0.2, 0.25) is 0 Å². The van der Waals surface area contributed by atoms with E-state index < -0.39 is 15.6 Å². The summed E-state index contributed by atoms with van der Waals surface area (Å²) >= 11 is 0. The first-order valence-corrected chi connectivity index (χ1v) is 14.8. The number of hydrogen-bond acceptors (Lipinski definition) is 7. The first-order chi connectivity index (χ1) is 18.8. The second kappa shape index (κ2) is 11.4. The molecule has 0 bridgehead atoms. The smallest absolute Gasteiger partial charge is 0.241 e. The Hall–Kier alpha value is -3.34. The largest absolute Gasteiger partial charge is 0.489 e. The Balaban J connectivity index is 1.21.